The topological polar surface area (TPSA) is 67.8 Å². The number of amides is 1. The number of hydrogen-bond donors (Lipinski definition) is 1. The molecule has 0 saturated carbocycles. The molecule has 27 heavy (non-hydrogen) atoms. The second kappa shape index (κ2) is 7.74. The number of hydrogen-bond acceptors (Lipinski definition) is 4. The molecule has 2 aromatic heterocycles. The summed E-state index contributed by atoms with van der Waals surface area (Å²) in [6.45, 7) is 11.2. The average molecular weight is 356 g/mol. The van der Waals surface area contributed by atoms with Gasteiger partial charge in [0, 0.05) is 29.4 Å². The van der Waals surface area contributed by atoms with E-state index in [4.69, 9.17) is 4.98 Å². The summed E-state index contributed by atoms with van der Waals surface area (Å²) in [5, 5.41) is 2.79. The van der Waals surface area contributed by atoms with Gasteiger partial charge in [0.25, 0.3) is 0 Å². The molecule has 0 radical (unpaired) electrons. The monoisotopic (exact) mass is 356 g/mol. The summed E-state index contributed by atoms with van der Waals surface area (Å²) < 4.78 is 0. The predicted octanol–water partition coefficient (Wildman–Crippen LogP) is 4.76. The lowest BCUT2D eigenvalue weighted by molar-refractivity contribution is -0.114. The van der Waals surface area contributed by atoms with E-state index in [1.807, 2.05) is 49.4 Å². The highest BCUT2D eigenvalue weighted by molar-refractivity contribution is 5.90. The van der Waals surface area contributed by atoms with Crippen molar-refractivity contribution in [3.8, 4) is 22.8 Å². The van der Waals surface area contributed by atoms with Crippen molar-refractivity contribution in [3.05, 3.63) is 72.6 Å². The fourth-order valence-corrected chi connectivity index (χ4v) is 2.79. The zero-order valence-electron chi connectivity index (χ0n) is 15.4. The molecule has 134 valence electrons. The summed E-state index contributed by atoms with van der Waals surface area (Å²) >= 11 is 0. The Hall–Kier alpha value is -3.60. The summed E-state index contributed by atoms with van der Waals surface area (Å²) in [7, 11) is 0. The molecule has 0 aliphatic heterocycles. The van der Waals surface area contributed by atoms with Crippen molar-refractivity contribution in [2.75, 3.05) is 5.32 Å². The minimum atomic E-state index is -0.129. The first-order valence-corrected chi connectivity index (χ1v) is 8.50. The van der Waals surface area contributed by atoms with Gasteiger partial charge in [-0.15, -0.1) is 0 Å². The van der Waals surface area contributed by atoms with Crippen molar-refractivity contribution in [2.45, 2.75) is 13.8 Å². The summed E-state index contributed by atoms with van der Waals surface area (Å²) in [6.07, 6.45) is 3.39. The number of nitrogens with one attached hydrogen (secondary N) is 1. The van der Waals surface area contributed by atoms with E-state index in [9.17, 15) is 4.79 Å². The lowest BCUT2D eigenvalue weighted by Crippen LogP contribution is -2.06. The van der Waals surface area contributed by atoms with Gasteiger partial charge in [-0.1, -0.05) is 37.4 Å². The number of rotatable bonds is 5. The van der Waals surface area contributed by atoms with Crippen molar-refractivity contribution < 1.29 is 4.79 Å². The highest BCUT2D eigenvalue weighted by atomic mass is 16.1. The molecule has 5 heteroatoms. The summed E-state index contributed by atoms with van der Waals surface area (Å²) in [5.41, 5.74) is 5.28. The standard InChI is InChI=1S/C22H20N4O/c1-5-18-19(6-2)25-22(20-12-7-9-14(3)23-20)26-21(18)16-10-8-11-17(13-16)24-15(4)27/h5-13H,1-2H2,3-4H3,(H,24,27). The van der Waals surface area contributed by atoms with Crippen LogP contribution in [0.4, 0.5) is 5.69 Å². The summed E-state index contributed by atoms with van der Waals surface area (Å²) in [6, 6.07) is 13.2. The third kappa shape index (κ3) is 3.98. The fraction of sp³-hybridized carbons (Fsp3) is 0.0909. The number of benzene rings is 1. The number of carbonyl (C=O) groups excluding carboxylic acids is 1. The van der Waals surface area contributed by atoms with Crippen molar-refractivity contribution in [3.63, 3.8) is 0 Å². The van der Waals surface area contributed by atoms with Crippen LogP contribution in [-0.2, 0) is 4.79 Å². The number of aromatic nitrogens is 3. The first kappa shape index (κ1) is 18.2. The zero-order chi connectivity index (χ0) is 19.4. The van der Waals surface area contributed by atoms with Crippen molar-refractivity contribution in [1.82, 2.24) is 15.0 Å². The highest BCUT2D eigenvalue weighted by Gasteiger charge is 2.15. The van der Waals surface area contributed by atoms with Gasteiger partial charge in [0.05, 0.1) is 11.4 Å². The number of pyridine rings is 1. The van der Waals surface area contributed by atoms with Crippen LogP contribution in [0.3, 0.4) is 0 Å². The van der Waals surface area contributed by atoms with Gasteiger partial charge in [-0.05, 0) is 37.3 Å². The SMILES string of the molecule is C=Cc1nc(-c2cccc(C)n2)nc(-c2cccc(NC(C)=O)c2)c1C=C. The highest BCUT2D eigenvalue weighted by Crippen LogP contribution is 2.29. The van der Waals surface area contributed by atoms with Crippen LogP contribution < -0.4 is 5.32 Å². The molecule has 0 aliphatic carbocycles. The van der Waals surface area contributed by atoms with E-state index < -0.39 is 0 Å². The van der Waals surface area contributed by atoms with E-state index in [1.54, 1.807) is 12.2 Å². The Kier molecular flexibility index (Phi) is 5.22. The molecule has 0 atom stereocenters. The van der Waals surface area contributed by atoms with Crippen molar-refractivity contribution in [2.24, 2.45) is 0 Å². The number of carbonyl (C=O) groups is 1. The lowest BCUT2D eigenvalue weighted by Gasteiger charge is -2.12. The van der Waals surface area contributed by atoms with Gasteiger partial charge in [-0.3, -0.25) is 4.79 Å². The molecule has 0 aliphatic rings. The van der Waals surface area contributed by atoms with Gasteiger partial charge in [-0.25, -0.2) is 15.0 Å². The third-order valence-electron chi connectivity index (χ3n) is 3.95. The van der Waals surface area contributed by atoms with Crippen LogP contribution in [0.5, 0.6) is 0 Å². The molecular formula is C22H20N4O. The van der Waals surface area contributed by atoms with Gasteiger partial charge in [0.1, 0.15) is 5.69 Å². The molecule has 1 amide bonds. The Balaban J connectivity index is 2.22. The maximum atomic E-state index is 11.4. The molecule has 3 rings (SSSR count). The quantitative estimate of drug-likeness (QED) is 0.716. The van der Waals surface area contributed by atoms with Gasteiger partial charge >= 0.3 is 0 Å². The molecule has 2 heterocycles. The zero-order valence-corrected chi connectivity index (χ0v) is 15.4. The van der Waals surface area contributed by atoms with Crippen LogP contribution in [-0.4, -0.2) is 20.9 Å². The summed E-state index contributed by atoms with van der Waals surface area (Å²) in [5.74, 6) is 0.384. The molecule has 5 nitrogen and oxygen atoms in total. The molecule has 1 N–H and O–H groups in total. The van der Waals surface area contributed by atoms with Crippen LogP contribution in [0.25, 0.3) is 34.9 Å². The average Bonchev–Trinajstić information content (AvgIpc) is 2.66. The number of anilines is 1. The predicted molar refractivity (Wildman–Crippen MR) is 110 cm³/mol. The molecule has 0 fully saturated rings. The molecular weight excluding hydrogens is 336 g/mol. The second-order valence-corrected chi connectivity index (χ2v) is 6.03. The molecule has 3 aromatic rings. The van der Waals surface area contributed by atoms with Crippen LogP contribution in [0, 0.1) is 6.92 Å². The van der Waals surface area contributed by atoms with E-state index >= 15 is 0 Å². The van der Waals surface area contributed by atoms with Crippen molar-refractivity contribution >= 4 is 23.7 Å². The largest absolute Gasteiger partial charge is 0.326 e. The molecule has 0 unspecified atom stereocenters. The van der Waals surface area contributed by atoms with Gasteiger partial charge in [0.2, 0.25) is 5.91 Å². The van der Waals surface area contributed by atoms with E-state index in [2.05, 4.69) is 28.4 Å². The first-order valence-electron chi connectivity index (χ1n) is 8.50. The minimum absolute atomic E-state index is 0.129. The summed E-state index contributed by atoms with van der Waals surface area (Å²) in [4.78, 5) is 25.3. The van der Waals surface area contributed by atoms with Crippen LogP contribution in [0.2, 0.25) is 0 Å². The molecule has 0 spiro atoms. The normalized spacial score (nSPS) is 10.3. The third-order valence-corrected chi connectivity index (χ3v) is 3.95. The minimum Gasteiger partial charge on any atom is -0.326 e. The Morgan fingerprint density at radius 3 is 2.48 bits per heavy atom. The van der Waals surface area contributed by atoms with Crippen LogP contribution >= 0.6 is 0 Å². The van der Waals surface area contributed by atoms with E-state index in [0.29, 0.717) is 28.6 Å². The van der Waals surface area contributed by atoms with Crippen LogP contribution in [0.15, 0.2) is 55.6 Å². The number of nitrogens with zero attached hydrogens (tertiary/aromatic N) is 3. The first-order chi connectivity index (χ1) is 13.0. The lowest BCUT2D eigenvalue weighted by atomic mass is 10.0. The van der Waals surface area contributed by atoms with Crippen molar-refractivity contribution in [1.29, 1.82) is 0 Å². The molecule has 0 saturated heterocycles. The number of aryl methyl sites for hydroxylation is 1. The van der Waals surface area contributed by atoms with E-state index in [1.165, 1.54) is 6.92 Å². The van der Waals surface area contributed by atoms with Gasteiger partial charge < -0.3 is 5.32 Å². The Bertz CT molecular complexity index is 1040. The molecule has 1 aromatic carbocycles. The van der Waals surface area contributed by atoms with Gasteiger partial charge in [-0.2, -0.15) is 0 Å². The van der Waals surface area contributed by atoms with Crippen LogP contribution in [0.1, 0.15) is 23.9 Å². The Morgan fingerprint density at radius 1 is 1.04 bits per heavy atom. The Labute approximate surface area is 158 Å². The smallest absolute Gasteiger partial charge is 0.221 e. The second-order valence-electron chi connectivity index (χ2n) is 6.03. The maximum absolute atomic E-state index is 11.4. The van der Waals surface area contributed by atoms with E-state index in [0.717, 1.165) is 16.8 Å². The van der Waals surface area contributed by atoms with Gasteiger partial charge in [0.15, 0.2) is 5.82 Å². The maximum Gasteiger partial charge on any atom is 0.221 e. The fourth-order valence-electron chi connectivity index (χ4n) is 2.79. The van der Waals surface area contributed by atoms with E-state index in [-0.39, 0.29) is 5.91 Å². The Morgan fingerprint density at radius 2 is 1.81 bits per heavy atom. The molecule has 0 bridgehead atoms.